The van der Waals surface area contributed by atoms with E-state index in [2.05, 4.69) is 41.9 Å². The van der Waals surface area contributed by atoms with Crippen molar-refractivity contribution in [1.82, 2.24) is 41.9 Å². The normalized spacial score (nSPS) is 13.9. The van der Waals surface area contributed by atoms with E-state index in [9.17, 15) is 38.7 Å². The molecule has 0 saturated heterocycles. The Morgan fingerprint density at radius 1 is 0.638 bits per heavy atom. The molecule has 5 atom stereocenters. The van der Waals surface area contributed by atoms with Gasteiger partial charge in [-0.2, -0.15) is 0 Å². The number of para-hydroxylation sites is 2. The molecular weight excluding hydrogens is 750 g/mol. The Kier molecular flexibility index (Phi) is 15.9. The van der Waals surface area contributed by atoms with Crippen LogP contribution in [-0.2, 0) is 46.4 Å². The van der Waals surface area contributed by atoms with Crippen LogP contribution in [0.25, 0.3) is 21.8 Å². The van der Waals surface area contributed by atoms with E-state index in [-0.39, 0.29) is 31.1 Å². The molecule has 4 rings (SSSR count). The zero-order valence-electron chi connectivity index (χ0n) is 32.9. The summed E-state index contributed by atoms with van der Waals surface area (Å²) in [5.41, 5.74) is 9.48. The summed E-state index contributed by atoms with van der Waals surface area (Å²) in [5.74, 6) is -6.19. The summed E-state index contributed by atoms with van der Waals surface area (Å²) in [6.45, 7) is 5.06. The number of amides is 6. The van der Waals surface area contributed by atoms with Crippen molar-refractivity contribution in [2.24, 2.45) is 17.6 Å². The van der Waals surface area contributed by atoms with E-state index in [4.69, 9.17) is 10.8 Å². The number of aliphatic hydroxyl groups is 1. The number of benzene rings is 2. The van der Waals surface area contributed by atoms with Crippen molar-refractivity contribution >= 4 is 63.2 Å². The van der Waals surface area contributed by atoms with E-state index < -0.39 is 91.3 Å². The third kappa shape index (κ3) is 12.4. The number of aromatic amines is 2. The molecule has 0 aliphatic rings. The predicted molar refractivity (Wildman–Crippen MR) is 215 cm³/mol. The number of hydrogen-bond acceptors (Lipinski definition) is 9. The van der Waals surface area contributed by atoms with E-state index >= 15 is 0 Å². The van der Waals surface area contributed by atoms with E-state index in [0.717, 1.165) is 27.4 Å². The van der Waals surface area contributed by atoms with E-state index in [1.807, 2.05) is 62.4 Å². The molecule has 6 amide bonds. The molecule has 312 valence electrons. The first kappa shape index (κ1) is 44.4. The van der Waals surface area contributed by atoms with Gasteiger partial charge in [0.25, 0.3) is 0 Å². The molecule has 18 nitrogen and oxygen atoms in total. The van der Waals surface area contributed by atoms with Gasteiger partial charge in [-0.3, -0.25) is 28.8 Å². The molecule has 12 N–H and O–H groups in total. The van der Waals surface area contributed by atoms with Crippen LogP contribution in [0.5, 0.6) is 0 Å². The van der Waals surface area contributed by atoms with Gasteiger partial charge < -0.3 is 57.8 Å². The van der Waals surface area contributed by atoms with E-state index in [0.29, 0.717) is 5.56 Å². The maximum Gasteiger partial charge on any atom is 0.328 e. The Hall–Kier alpha value is -6.27. The van der Waals surface area contributed by atoms with Crippen LogP contribution in [-0.4, -0.2) is 111 Å². The lowest BCUT2D eigenvalue weighted by Crippen LogP contribution is -2.57. The number of carboxylic acid groups (broad SMARTS) is 1. The lowest BCUT2D eigenvalue weighted by Gasteiger charge is -2.25. The number of H-pyrrole nitrogens is 2. The summed E-state index contributed by atoms with van der Waals surface area (Å²) in [6.07, 6.45) is 3.84. The van der Waals surface area contributed by atoms with Gasteiger partial charge in [0.15, 0.2) is 0 Å². The third-order valence-electron chi connectivity index (χ3n) is 9.45. The summed E-state index contributed by atoms with van der Waals surface area (Å²) in [6, 6.07) is 8.99. The zero-order chi connectivity index (χ0) is 42.5. The number of nitrogens with one attached hydrogen (secondary N) is 8. The van der Waals surface area contributed by atoms with Crippen LogP contribution in [0.1, 0.15) is 45.2 Å². The topological polar surface area (TPSA) is 290 Å². The van der Waals surface area contributed by atoms with Gasteiger partial charge in [-0.1, -0.05) is 64.1 Å². The second-order valence-electron chi connectivity index (χ2n) is 14.9. The molecular formula is C40H53N9O9. The van der Waals surface area contributed by atoms with Crippen LogP contribution in [0.4, 0.5) is 0 Å². The number of carboxylic acids is 1. The fraction of sp³-hybridized carbons (Fsp3) is 0.425. The SMILES string of the molecule is CC(C)C[C@H](NC(=O)[C@H](Cc1c[nH]c2ccccc12)NC(=O)CNC(=O)[C@@H](NC(=O)[C@@H](N)Cc1c[nH]c2ccccc12)C(C)C)C(=O)NCC(=O)N[C@@H](CO)C(=O)O. The van der Waals surface area contributed by atoms with Crippen LogP contribution >= 0.6 is 0 Å². The van der Waals surface area contributed by atoms with Crippen molar-refractivity contribution in [3.05, 3.63) is 72.1 Å². The Morgan fingerprint density at radius 2 is 1.16 bits per heavy atom. The quantitative estimate of drug-likeness (QED) is 0.0524. The number of aliphatic carboxylic acids is 1. The number of carbonyl (C=O) groups excluding carboxylic acids is 6. The highest BCUT2D eigenvalue weighted by Crippen LogP contribution is 2.20. The fourth-order valence-electron chi connectivity index (χ4n) is 6.37. The molecule has 2 aromatic heterocycles. The highest BCUT2D eigenvalue weighted by atomic mass is 16.4. The second kappa shape index (κ2) is 20.8. The summed E-state index contributed by atoms with van der Waals surface area (Å²) in [5, 5.41) is 35.1. The summed E-state index contributed by atoms with van der Waals surface area (Å²) in [7, 11) is 0. The summed E-state index contributed by atoms with van der Waals surface area (Å²) < 4.78 is 0. The minimum Gasteiger partial charge on any atom is -0.480 e. The number of carbonyl (C=O) groups is 7. The molecule has 2 aromatic carbocycles. The first-order chi connectivity index (χ1) is 27.6. The Balaban J connectivity index is 1.42. The molecule has 18 heteroatoms. The molecule has 0 spiro atoms. The second-order valence-corrected chi connectivity index (χ2v) is 14.9. The zero-order valence-corrected chi connectivity index (χ0v) is 32.9. The van der Waals surface area contributed by atoms with Crippen molar-refractivity contribution in [2.45, 2.75) is 77.2 Å². The van der Waals surface area contributed by atoms with Crippen LogP contribution in [0.3, 0.4) is 0 Å². The van der Waals surface area contributed by atoms with Crippen molar-refractivity contribution in [3.8, 4) is 0 Å². The van der Waals surface area contributed by atoms with Crippen molar-refractivity contribution in [2.75, 3.05) is 19.7 Å². The van der Waals surface area contributed by atoms with Gasteiger partial charge in [0.05, 0.1) is 25.7 Å². The summed E-state index contributed by atoms with van der Waals surface area (Å²) >= 11 is 0. The molecule has 0 radical (unpaired) electrons. The number of aromatic nitrogens is 2. The molecule has 0 aliphatic heterocycles. The van der Waals surface area contributed by atoms with Crippen LogP contribution in [0, 0.1) is 11.8 Å². The number of nitrogens with two attached hydrogens (primary N) is 1. The third-order valence-corrected chi connectivity index (χ3v) is 9.45. The fourth-order valence-corrected chi connectivity index (χ4v) is 6.37. The van der Waals surface area contributed by atoms with Gasteiger partial charge in [0.1, 0.15) is 24.2 Å². The highest BCUT2D eigenvalue weighted by molar-refractivity contribution is 5.96. The predicted octanol–water partition coefficient (Wildman–Crippen LogP) is -0.288. The first-order valence-electron chi connectivity index (χ1n) is 19.0. The Morgan fingerprint density at radius 3 is 1.67 bits per heavy atom. The smallest absolute Gasteiger partial charge is 0.328 e. The molecule has 2 heterocycles. The van der Waals surface area contributed by atoms with Gasteiger partial charge in [-0.15, -0.1) is 0 Å². The van der Waals surface area contributed by atoms with E-state index in [1.54, 1.807) is 26.2 Å². The number of aliphatic hydroxyl groups excluding tert-OH is 1. The number of fused-ring (bicyclic) bond motifs is 2. The number of rotatable bonds is 21. The monoisotopic (exact) mass is 803 g/mol. The average Bonchev–Trinajstić information content (AvgIpc) is 3.79. The maximum atomic E-state index is 13.9. The number of hydrogen-bond donors (Lipinski definition) is 11. The maximum absolute atomic E-state index is 13.9. The lowest BCUT2D eigenvalue weighted by molar-refractivity contribution is -0.142. The molecule has 0 bridgehead atoms. The van der Waals surface area contributed by atoms with Gasteiger partial charge >= 0.3 is 5.97 Å². The molecule has 0 unspecified atom stereocenters. The lowest BCUT2D eigenvalue weighted by atomic mass is 10.0. The van der Waals surface area contributed by atoms with Crippen molar-refractivity contribution in [3.63, 3.8) is 0 Å². The minimum atomic E-state index is -1.57. The van der Waals surface area contributed by atoms with Crippen molar-refractivity contribution in [1.29, 1.82) is 0 Å². The molecule has 0 aliphatic carbocycles. The summed E-state index contributed by atoms with van der Waals surface area (Å²) in [4.78, 5) is 96.8. The molecule has 0 saturated carbocycles. The highest BCUT2D eigenvalue weighted by Gasteiger charge is 2.31. The standard InChI is InChI=1S/C40H53N9O9/c1-21(2)13-30(37(54)44-18-34(52)47-32(20-50)40(57)58)48-38(55)31(15-24-17-43-29-12-8-6-10-26(24)29)46-33(51)19-45-39(56)35(22(3)4)49-36(53)27(41)14-23-16-42-28-11-7-5-9-25(23)28/h5-12,16-17,21-22,27,30-32,35,42-43,50H,13-15,18-20,41H2,1-4H3,(H,44,54)(H,45,56)(H,46,51)(H,47,52)(H,48,55)(H,49,53)(H,57,58)/t27-,30-,31-,32-,35-/m0/s1. The van der Waals surface area contributed by atoms with Gasteiger partial charge in [0.2, 0.25) is 35.4 Å². The van der Waals surface area contributed by atoms with Gasteiger partial charge in [-0.05, 0) is 47.9 Å². The average molecular weight is 804 g/mol. The van der Waals surface area contributed by atoms with Crippen LogP contribution in [0.2, 0.25) is 0 Å². The van der Waals surface area contributed by atoms with Crippen LogP contribution in [0.15, 0.2) is 60.9 Å². The van der Waals surface area contributed by atoms with Gasteiger partial charge in [0, 0.05) is 40.6 Å². The molecule has 58 heavy (non-hydrogen) atoms. The van der Waals surface area contributed by atoms with Crippen LogP contribution < -0.4 is 37.6 Å². The molecule has 0 fully saturated rings. The van der Waals surface area contributed by atoms with E-state index in [1.165, 1.54) is 0 Å². The van der Waals surface area contributed by atoms with Crippen molar-refractivity contribution < 1.29 is 43.8 Å². The Labute approximate surface area is 334 Å². The van der Waals surface area contributed by atoms with Gasteiger partial charge in [-0.25, -0.2) is 4.79 Å². The first-order valence-corrected chi connectivity index (χ1v) is 19.0. The minimum absolute atomic E-state index is 0.00924. The largest absolute Gasteiger partial charge is 0.480 e. The molecule has 4 aromatic rings. The Bertz CT molecular complexity index is 2090.